The summed E-state index contributed by atoms with van der Waals surface area (Å²) >= 11 is -2.24. The second kappa shape index (κ2) is 3.96. The van der Waals surface area contributed by atoms with Gasteiger partial charge in [-0.3, -0.25) is 9.05 Å². The Morgan fingerprint density at radius 1 is 1.88 bits per heavy atom. The minimum absolute atomic E-state index is 0.340. The van der Waals surface area contributed by atoms with Crippen molar-refractivity contribution in [2.24, 2.45) is 0 Å². The van der Waals surface area contributed by atoms with Crippen LogP contribution in [0, 0.1) is 0 Å². The molecule has 0 aromatic carbocycles. The van der Waals surface area contributed by atoms with Crippen LogP contribution >= 0.6 is 0 Å². The molecule has 50 valence electrons. The molecule has 4 nitrogen and oxygen atoms in total. The van der Waals surface area contributed by atoms with Crippen molar-refractivity contribution in [3.8, 4) is 0 Å². The second-order valence-electron chi connectivity index (χ2n) is 1.05. The average Bonchev–Trinajstić information content (AvgIpc) is 1.69. The third-order valence-corrected chi connectivity index (χ3v) is 1.37. The lowest BCUT2D eigenvalue weighted by molar-refractivity contribution is -0.0459. The van der Waals surface area contributed by atoms with Crippen LogP contribution in [0.25, 0.3) is 0 Å². The zero-order valence-corrected chi connectivity index (χ0v) is 5.60. The standard InChI is InChI=1S/C3H9NO3S/c1-3-4(7-2)8(5)6/h3H2,1-2H3,(H,5,6)/p-1. The van der Waals surface area contributed by atoms with Crippen LogP contribution in [-0.4, -0.2) is 26.9 Å². The molecular formula is C3H8NO3S-. The molecule has 0 bridgehead atoms. The summed E-state index contributed by atoms with van der Waals surface area (Å²) in [4.78, 5) is 4.38. The van der Waals surface area contributed by atoms with E-state index in [1.807, 2.05) is 0 Å². The molecular weight excluding hydrogens is 130 g/mol. The van der Waals surface area contributed by atoms with Gasteiger partial charge in [0, 0.05) is 17.8 Å². The van der Waals surface area contributed by atoms with Crippen molar-refractivity contribution in [1.82, 2.24) is 4.47 Å². The van der Waals surface area contributed by atoms with Crippen LogP contribution in [0.3, 0.4) is 0 Å². The molecule has 0 saturated heterocycles. The highest BCUT2D eigenvalue weighted by Gasteiger charge is 1.95. The molecule has 0 spiro atoms. The largest absolute Gasteiger partial charge is 0.758 e. The van der Waals surface area contributed by atoms with E-state index in [2.05, 4.69) is 4.84 Å². The summed E-state index contributed by atoms with van der Waals surface area (Å²) in [5, 5.41) is 0. The van der Waals surface area contributed by atoms with Crippen LogP contribution in [0.4, 0.5) is 0 Å². The summed E-state index contributed by atoms with van der Waals surface area (Å²) in [5.41, 5.74) is 0. The first-order valence-corrected chi connectivity index (χ1v) is 3.16. The van der Waals surface area contributed by atoms with Crippen molar-refractivity contribution >= 4 is 11.3 Å². The van der Waals surface area contributed by atoms with Gasteiger partial charge in [-0.1, -0.05) is 0 Å². The van der Waals surface area contributed by atoms with Gasteiger partial charge in [0.2, 0.25) is 0 Å². The van der Waals surface area contributed by atoms with Gasteiger partial charge in [0.05, 0.1) is 7.11 Å². The van der Waals surface area contributed by atoms with E-state index in [0.717, 1.165) is 4.47 Å². The molecule has 5 heteroatoms. The van der Waals surface area contributed by atoms with Gasteiger partial charge in [-0.05, 0) is 6.92 Å². The molecule has 0 rings (SSSR count). The number of nitrogens with zero attached hydrogens (tertiary/aromatic N) is 1. The minimum Gasteiger partial charge on any atom is -0.758 e. The van der Waals surface area contributed by atoms with Crippen molar-refractivity contribution in [2.45, 2.75) is 6.92 Å². The number of hydrogen-bond donors (Lipinski definition) is 0. The molecule has 0 heterocycles. The van der Waals surface area contributed by atoms with Crippen LogP contribution in [-0.2, 0) is 16.1 Å². The van der Waals surface area contributed by atoms with E-state index in [9.17, 15) is 8.76 Å². The smallest absolute Gasteiger partial charge is 0.0586 e. The van der Waals surface area contributed by atoms with Crippen molar-refractivity contribution in [3.63, 3.8) is 0 Å². The van der Waals surface area contributed by atoms with Gasteiger partial charge in [0.25, 0.3) is 0 Å². The van der Waals surface area contributed by atoms with Gasteiger partial charge in [0.15, 0.2) is 0 Å². The first-order chi connectivity index (χ1) is 3.72. The van der Waals surface area contributed by atoms with Crippen molar-refractivity contribution in [1.29, 1.82) is 0 Å². The van der Waals surface area contributed by atoms with Crippen LogP contribution in [0.15, 0.2) is 0 Å². The zero-order valence-electron chi connectivity index (χ0n) is 4.79. The third-order valence-electron chi connectivity index (χ3n) is 0.628. The maximum atomic E-state index is 9.96. The molecule has 0 aliphatic heterocycles. The molecule has 0 radical (unpaired) electrons. The Hall–Kier alpha value is 0.0300. The summed E-state index contributed by atoms with van der Waals surface area (Å²) in [6, 6.07) is 0. The monoisotopic (exact) mass is 138 g/mol. The Balaban J connectivity index is 3.52. The lowest BCUT2D eigenvalue weighted by atomic mass is 10.8. The summed E-state index contributed by atoms with van der Waals surface area (Å²) in [6.07, 6.45) is 0. The Bertz CT molecular complexity index is 82.6. The van der Waals surface area contributed by atoms with Crippen LogP contribution in [0.5, 0.6) is 0 Å². The topological polar surface area (TPSA) is 52.6 Å². The van der Waals surface area contributed by atoms with Gasteiger partial charge in [0.1, 0.15) is 0 Å². The highest BCUT2D eigenvalue weighted by atomic mass is 32.2. The van der Waals surface area contributed by atoms with Crippen LogP contribution in [0.2, 0.25) is 0 Å². The fourth-order valence-corrected chi connectivity index (χ4v) is 0.628. The number of hydroxylamine groups is 1. The summed E-state index contributed by atoms with van der Waals surface area (Å²) < 4.78 is 20.8. The molecule has 1 unspecified atom stereocenters. The Morgan fingerprint density at radius 3 is 2.38 bits per heavy atom. The molecule has 0 aromatic rings. The summed E-state index contributed by atoms with van der Waals surface area (Å²) in [5.74, 6) is 0. The number of rotatable bonds is 3. The number of hydrogen-bond acceptors (Lipinski definition) is 3. The molecule has 0 fully saturated rings. The highest BCUT2D eigenvalue weighted by Crippen LogP contribution is 1.88. The van der Waals surface area contributed by atoms with Gasteiger partial charge < -0.3 is 4.55 Å². The first-order valence-electron chi connectivity index (χ1n) is 2.13. The SMILES string of the molecule is CCN(OC)S(=O)[O-]. The van der Waals surface area contributed by atoms with Gasteiger partial charge in [-0.2, -0.15) is 0 Å². The summed E-state index contributed by atoms with van der Waals surface area (Å²) in [6.45, 7) is 2.02. The van der Waals surface area contributed by atoms with E-state index in [0.29, 0.717) is 6.54 Å². The zero-order chi connectivity index (χ0) is 6.57. The molecule has 0 aliphatic rings. The predicted octanol–water partition coefficient (Wildman–Crippen LogP) is -0.336. The van der Waals surface area contributed by atoms with Crippen LogP contribution < -0.4 is 0 Å². The maximum Gasteiger partial charge on any atom is 0.0586 e. The fraction of sp³-hybridized carbons (Fsp3) is 1.00. The van der Waals surface area contributed by atoms with E-state index in [1.165, 1.54) is 7.11 Å². The van der Waals surface area contributed by atoms with E-state index in [-0.39, 0.29) is 0 Å². The highest BCUT2D eigenvalue weighted by molar-refractivity contribution is 7.76. The first kappa shape index (κ1) is 8.03. The Kier molecular flexibility index (Phi) is 3.98. The van der Waals surface area contributed by atoms with Crippen LogP contribution in [0.1, 0.15) is 6.92 Å². The lowest BCUT2D eigenvalue weighted by Gasteiger charge is -2.18. The molecule has 1 atom stereocenters. The van der Waals surface area contributed by atoms with E-state index >= 15 is 0 Å². The molecule has 0 N–H and O–H groups in total. The Morgan fingerprint density at radius 2 is 2.38 bits per heavy atom. The van der Waals surface area contributed by atoms with E-state index in [1.54, 1.807) is 6.92 Å². The molecule has 0 saturated carbocycles. The van der Waals surface area contributed by atoms with E-state index < -0.39 is 11.3 Å². The van der Waals surface area contributed by atoms with Crippen molar-refractivity contribution in [3.05, 3.63) is 0 Å². The van der Waals surface area contributed by atoms with Gasteiger partial charge in [-0.15, -0.1) is 4.47 Å². The minimum atomic E-state index is -2.24. The Labute approximate surface area is 50.8 Å². The molecule has 0 amide bonds. The second-order valence-corrected chi connectivity index (χ2v) is 1.89. The van der Waals surface area contributed by atoms with Gasteiger partial charge >= 0.3 is 0 Å². The molecule has 0 aliphatic carbocycles. The van der Waals surface area contributed by atoms with E-state index in [4.69, 9.17) is 0 Å². The quantitative estimate of drug-likeness (QED) is 0.396. The molecule has 8 heavy (non-hydrogen) atoms. The lowest BCUT2D eigenvalue weighted by Crippen LogP contribution is -2.23. The fourth-order valence-electron chi connectivity index (χ4n) is 0.295. The van der Waals surface area contributed by atoms with Crippen molar-refractivity contribution in [2.75, 3.05) is 13.7 Å². The third kappa shape index (κ3) is 2.37. The summed E-state index contributed by atoms with van der Waals surface area (Å²) in [7, 11) is 1.30. The predicted molar refractivity (Wildman–Crippen MR) is 28.3 cm³/mol. The average molecular weight is 138 g/mol. The molecule has 0 aromatic heterocycles. The maximum absolute atomic E-state index is 9.96. The van der Waals surface area contributed by atoms with Crippen molar-refractivity contribution < 1.29 is 13.6 Å². The van der Waals surface area contributed by atoms with Gasteiger partial charge in [-0.25, -0.2) is 0 Å². The normalized spacial score (nSPS) is 14.5.